The van der Waals surface area contributed by atoms with Crippen molar-refractivity contribution < 1.29 is 14.4 Å². The van der Waals surface area contributed by atoms with Crippen LogP contribution in [0.3, 0.4) is 0 Å². The molecule has 2 aromatic carbocycles. The third kappa shape index (κ3) is 4.45. The van der Waals surface area contributed by atoms with E-state index in [0.29, 0.717) is 34.2 Å². The van der Waals surface area contributed by atoms with Crippen LogP contribution in [-0.2, 0) is 9.59 Å². The Labute approximate surface area is 188 Å². The van der Waals surface area contributed by atoms with Crippen LogP contribution in [0.4, 0.5) is 5.69 Å². The fourth-order valence-electron chi connectivity index (χ4n) is 3.37. The molecule has 1 unspecified atom stereocenters. The summed E-state index contributed by atoms with van der Waals surface area (Å²) >= 11 is 7.13. The number of amides is 3. The lowest BCUT2D eigenvalue weighted by Gasteiger charge is -2.17. The molecule has 158 valence electrons. The molecule has 0 radical (unpaired) electrons. The first kappa shape index (κ1) is 21.0. The number of rotatable bonds is 4. The van der Waals surface area contributed by atoms with Gasteiger partial charge in [-0.1, -0.05) is 41.9 Å². The van der Waals surface area contributed by atoms with E-state index < -0.39 is 17.7 Å². The van der Waals surface area contributed by atoms with Gasteiger partial charge in [0.25, 0.3) is 11.8 Å². The number of hydrazine groups is 1. The molecule has 2 heterocycles. The average molecular weight is 455 g/mol. The average Bonchev–Trinajstić information content (AvgIpc) is 3.36. The van der Waals surface area contributed by atoms with Crippen molar-refractivity contribution in [2.24, 2.45) is 5.92 Å². The third-order valence-corrected chi connectivity index (χ3v) is 6.44. The Hall–Kier alpha value is -3.23. The molecular formula is C22H19ClN4O3S. The van der Waals surface area contributed by atoms with Crippen molar-refractivity contribution in [1.29, 1.82) is 0 Å². The lowest BCUT2D eigenvalue weighted by molar-refractivity contribution is -0.132. The van der Waals surface area contributed by atoms with Crippen molar-refractivity contribution in [3.63, 3.8) is 0 Å². The summed E-state index contributed by atoms with van der Waals surface area (Å²) in [6, 6.07) is 16.4. The van der Waals surface area contributed by atoms with Crippen molar-refractivity contribution in [3.8, 4) is 10.6 Å². The van der Waals surface area contributed by atoms with Gasteiger partial charge in [0.1, 0.15) is 15.8 Å². The van der Waals surface area contributed by atoms with Crippen molar-refractivity contribution in [1.82, 2.24) is 15.8 Å². The summed E-state index contributed by atoms with van der Waals surface area (Å²) in [7, 11) is 0. The van der Waals surface area contributed by atoms with E-state index in [2.05, 4.69) is 15.8 Å². The lowest BCUT2D eigenvalue weighted by Crippen LogP contribution is -2.46. The van der Waals surface area contributed by atoms with E-state index in [0.717, 1.165) is 10.6 Å². The maximum absolute atomic E-state index is 12.7. The standard InChI is InChI=1S/C22H19ClN4O3S/c1-13-18(31-21(24-13)14-5-3-2-4-6-14)20(29)26-25-19(28)17-11-12-27(22(17)30)16-9-7-15(23)8-10-16/h2-10,17H,11-12H2,1H3,(H,25,28)(H,26,29). The molecule has 3 aromatic rings. The SMILES string of the molecule is Cc1nc(-c2ccccc2)sc1C(=O)NNC(=O)C1CCN(c2ccc(Cl)cc2)C1=O. The number of benzene rings is 2. The van der Waals surface area contributed by atoms with E-state index in [1.165, 1.54) is 11.3 Å². The topological polar surface area (TPSA) is 91.4 Å². The van der Waals surface area contributed by atoms with Crippen LogP contribution in [0, 0.1) is 12.8 Å². The zero-order chi connectivity index (χ0) is 22.0. The predicted molar refractivity (Wildman–Crippen MR) is 120 cm³/mol. The number of hydrogen-bond donors (Lipinski definition) is 2. The molecule has 1 fully saturated rings. The molecule has 1 atom stereocenters. The molecule has 31 heavy (non-hydrogen) atoms. The minimum absolute atomic E-state index is 0.311. The van der Waals surface area contributed by atoms with Gasteiger partial charge in [0.2, 0.25) is 5.91 Å². The molecule has 3 amide bonds. The Morgan fingerprint density at radius 1 is 1.10 bits per heavy atom. The summed E-state index contributed by atoms with van der Waals surface area (Å²) in [6.45, 7) is 2.16. The normalized spacial score (nSPS) is 15.7. The van der Waals surface area contributed by atoms with Gasteiger partial charge in [-0.3, -0.25) is 25.2 Å². The van der Waals surface area contributed by atoms with Crippen molar-refractivity contribution in [3.05, 3.63) is 70.2 Å². The van der Waals surface area contributed by atoms with E-state index in [9.17, 15) is 14.4 Å². The van der Waals surface area contributed by atoms with Crippen molar-refractivity contribution in [2.45, 2.75) is 13.3 Å². The zero-order valence-corrected chi connectivity index (χ0v) is 18.2. The van der Waals surface area contributed by atoms with Gasteiger partial charge in [0.05, 0.1) is 5.69 Å². The Morgan fingerprint density at radius 2 is 1.81 bits per heavy atom. The number of carbonyl (C=O) groups is 3. The highest BCUT2D eigenvalue weighted by atomic mass is 35.5. The van der Waals surface area contributed by atoms with Crippen LogP contribution in [0.5, 0.6) is 0 Å². The second kappa shape index (κ2) is 8.87. The number of nitrogens with zero attached hydrogens (tertiary/aromatic N) is 2. The van der Waals surface area contributed by atoms with Gasteiger partial charge in [-0.15, -0.1) is 11.3 Å². The molecule has 9 heteroatoms. The van der Waals surface area contributed by atoms with Crippen LogP contribution in [0.2, 0.25) is 5.02 Å². The molecule has 1 aromatic heterocycles. The first-order valence-corrected chi connectivity index (χ1v) is 10.8. The van der Waals surface area contributed by atoms with Crippen molar-refractivity contribution >= 4 is 46.3 Å². The number of hydrogen-bond acceptors (Lipinski definition) is 5. The van der Waals surface area contributed by atoms with Crippen LogP contribution in [0.25, 0.3) is 10.6 Å². The highest BCUT2D eigenvalue weighted by Crippen LogP contribution is 2.28. The number of anilines is 1. The van der Waals surface area contributed by atoms with Crippen LogP contribution >= 0.6 is 22.9 Å². The molecule has 1 aliphatic rings. The van der Waals surface area contributed by atoms with Gasteiger partial charge in [-0.05, 0) is 37.6 Å². The predicted octanol–water partition coefficient (Wildman–Crippen LogP) is 3.59. The van der Waals surface area contributed by atoms with Crippen LogP contribution < -0.4 is 15.8 Å². The fourth-order valence-corrected chi connectivity index (χ4v) is 4.47. The second-order valence-corrected chi connectivity index (χ2v) is 8.49. The first-order valence-electron chi connectivity index (χ1n) is 9.64. The Morgan fingerprint density at radius 3 is 2.52 bits per heavy atom. The van der Waals surface area contributed by atoms with E-state index in [4.69, 9.17) is 11.6 Å². The number of halogens is 1. The largest absolute Gasteiger partial charge is 0.312 e. The molecule has 0 bridgehead atoms. The second-order valence-electron chi connectivity index (χ2n) is 7.05. The van der Waals surface area contributed by atoms with Gasteiger partial charge in [0.15, 0.2) is 0 Å². The molecule has 2 N–H and O–H groups in total. The summed E-state index contributed by atoms with van der Waals surface area (Å²) in [5.41, 5.74) is 6.96. The van der Waals surface area contributed by atoms with Gasteiger partial charge < -0.3 is 4.90 Å². The number of nitrogens with one attached hydrogen (secondary N) is 2. The van der Waals surface area contributed by atoms with Crippen LogP contribution in [0.15, 0.2) is 54.6 Å². The van der Waals surface area contributed by atoms with Gasteiger partial charge in [-0.2, -0.15) is 0 Å². The number of aromatic nitrogens is 1. The zero-order valence-electron chi connectivity index (χ0n) is 16.6. The number of carbonyl (C=O) groups excluding carboxylic acids is 3. The Balaban J connectivity index is 1.38. The molecule has 7 nitrogen and oxygen atoms in total. The van der Waals surface area contributed by atoms with Crippen molar-refractivity contribution in [2.75, 3.05) is 11.4 Å². The first-order chi connectivity index (χ1) is 14.9. The maximum Gasteiger partial charge on any atom is 0.281 e. The molecule has 1 aliphatic heterocycles. The van der Waals surface area contributed by atoms with Crippen LogP contribution in [0.1, 0.15) is 21.8 Å². The summed E-state index contributed by atoms with van der Waals surface area (Å²) in [4.78, 5) is 44.2. The number of thiazole rings is 1. The van der Waals surface area contributed by atoms with Gasteiger partial charge >= 0.3 is 0 Å². The van der Waals surface area contributed by atoms with E-state index in [1.54, 1.807) is 36.1 Å². The van der Waals surface area contributed by atoms with E-state index in [-0.39, 0.29) is 5.91 Å². The summed E-state index contributed by atoms with van der Waals surface area (Å²) in [5, 5.41) is 1.29. The highest BCUT2D eigenvalue weighted by molar-refractivity contribution is 7.17. The highest BCUT2D eigenvalue weighted by Gasteiger charge is 2.37. The molecule has 4 rings (SSSR count). The lowest BCUT2D eigenvalue weighted by atomic mass is 10.1. The molecule has 0 saturated carbocycles. The molecule has 0 spiro atoms. The summed E-state index contributed by atoms with van der Waals surface area (Å²) in [5.74, 6) is -2.18. The quantitative estimate of drug-likeness (QED) is 0.465. The monoisotopic (exact) mass is 454 g/mol. The van der Waals surface area contributed by atoms with E-state index >= 15 is 0 Å². The smallest absolute Gasteiger partial charge is 0.281 e. The molecular weight excluding hydrogens is 436 g/mol. The maximum atomic E-state index is 12.7. The minimum atomic E-state index is -0.863. The van der Waals surface area contributed by atoms with Crippen LogP contribution in [-0.4, -0.2) is 29.3 Å². The van der Waals surface area contributed by atoms with Gasteiger partial charge in [0, 0.05) is 22.8 Å². The van der Waals surface area contributed by atoms with Gasteiger partial charge in [-0.25, -0.2) is 4.98 Å². The fraction of sp³-hybridized carbons (Fsp3) is 0.182. The van der Waals surface area contributed by atoms with E-state index in [1.807, 2.05) is 30.3 Å². The number of aryl methyl sites for hydroxylation is 1. The molecule has 1 saturated heterocycles. The molecule has 0 aliphatic carbocycles. The third-order valence-electron chi connectivity index (χ3n) is 4.98. The Kier molecular flexibility index (Phi) is 6.01. The summed E-state index contributed by atoms with van der Waals surface area (Å²) in [6.07, 6.45) is 0.362. The summed E-state index contributed by atoms with van der Waals surface area (Å²) < 4.78 is 0. The minimum Gasteiger partial charge on any atom is -0.312 e. The Bertz CT molecular complexity index is 1130.